The van der Waals surface area contributed by atoms with Crippen molar-refractivity contribution in [1.82, 2.24) is 14.5 Å². The summed E-state index contributed by atoms with van der Waals surface area (Å²) in [5, 5.41) is 9.31. The molecule has 2 aliphatic heterocycles. The molecule has 2 aliphatic rings. The lowest BCUT2D eigenvalue weighted by atomic mass is 10.1. The molecule has 12 nitrogen and oxygen atoms in total. The standard InChI is InChI=1S/C13H16N4O8/c1-16(2)12(20)25-15-7-3-4-17(11(19)14-7)10-9-8(6(5-18)22-10)23-13(21)24-9/h3-4,6,8-10,18H,5H2,1-2H3,(H,14,15,19)/t6-,8-,9-,10-/m1/s1. The Kier molecular flexibility index (Phi) is 4.46. The van der Waals surface area contributed by atoms with Crippen LogP contribution < -0.4 is 11.2 Å². The largest absolute Gasteiger partial charge is 0.509 e. The van der Waals surface area contributed by atoms with Crippen LogP contribution in [0.3, 0.4) is 0 Å². The van der Waals surface area contributed by atoms with Gasteiger partial charge in [-0.2, -0.15) is 10.5 Å². The smallest absolute Gasteiger partial charge is 0.424 e. The molecule has 0 aliphatic carbocycles. The van der Waals surface area contributed by atoms with Gasteiger partial charge in [0.05, 0.1) is 6.61 Å². The minimum absolute atomic E-state index is 0.00405. The third-order valence-electron chi connectivity index (χ3n) is 3.64. The van der Waals surface area contributed by atoms with E-state index in [0.29, 0.717) is 0 Å². The van der Waals surface area contributed by atoms with E-state index < -0.39 is 49.1 Å². The van der Waals surface area contributed by atoms with Crippen LogP contribution in [0, 0.1) is 0 Å². The van der Waals surface area contributed by atoms with Gasteiger partial charge in [0, 0.05) is 26.4 Å². The number of nitrogens with one attached hydrogen (secondary N) is 1. The summed E-state index contributed by atoms with van der Waals surface area (Å²) < 4.78 is 16.5. The first-order chi connectivity index (χ1) is 11.9. The van der Waals surface area contributed by atoms with Crippen LogP contribution in [0.15, 0.2) is 17.1 Å². The van der Waals surface area contributed by atoms with E-state index in [1.54, 1.807) is 0 Å². The first-order valence-electron chi connectivity index (χ1n) is 7.27. The maximum absolute atomic E-state index is 12.2. The van der Waals surface area contributed by atoms with Gasteiger partial charge in [0.2, 0.25) is 0 Å². The number of carbonyl (C=O) groups is 2. The fourth-order valence-corrected chi connectivity index (χ4v) is 2.45. The van der Waals surface area contributed by atoms with Crippen molar-refractivity contribution in [3.63, 3.8) is 0 Å². The van der Waals surface area contributed by atoms with Gasteiger partial charge in [-0.25, -0.2) is 14.4 Å². The molecule has 12 heteroatoms. The average molecular weight is 356 g/mol. The summed E-state index contributed by atoms with van der Waals surface area (Å²) in [5.74, 6) is 0.00405. The van der Waals surface area contributed by atoms with E-state index in [9.17, 15) is 19.5 Å². The molecule has 0 radical (unpaired) electrons. The lowest BCUT2D eigenvalue weighted by molar-refractivity contribution is -0.0735. The Morgan fingerprint density at radius 2 is 2.12 bits per heavy atom. The zero-order chi connectivity index (χ0) is 18.1. The molecular formula is C13H16N4O8. The van der Waals surface area contributed by atoms with Gasteiger partial charge in [0.1, 0.15) is 6.10 Å². The SMILES string of the molecule is CN(C)C(=O)ONc1ccn([C@@H]2O[C@H](CO)[C@H]3OC(=O)O[C@H]32)c(=O)n1. The molecular weight excluding hydrogens is 340 g/mol. The van der Waals surface area contributed by atoms with Crippen LogP contribution in [-0.4, -0.2) is 70.8 Å². The zero-order valence-corrected chi connectivity index (χ0v) is 13.3. The predicted molar refractivity (Wildman–Crippen MR) is 78.4 cm³/mol. The van der Waals surface area contributed by atoms with E-state index in [1.807, 2.05) is 0 Å². The normalized spacial score (nSPS) is 27.2. The highest BCUT2D eigenvalue weighted by Crippen LogP contribution is 2.36. The number of aromatic nitrogens is 2. The van der Waals surface area contributed by atoms with Crippen LogP contribution in [0.4, 0.5) is 15.4 Å². The number of amides is 1. The molecule has 1 aromatic rings. The molecule has 3 heterocycles. The van der Waals surface area contributed by atoms with Crippen molar-refractivity contribution in [2.24, 2.45) is 0 Å². The van der Waals surface area contributed by atoms with Gasteiger partial charge in [-0.15, -0.1) is 0 Å². The third kappa shape index (κ3) is 3.21. The van der Waals surface area contributed by atoms with Gasteiger partial charge in [0.25, 0.3) is 0 Å². The summed E-state index contributed by atoms with van der Waals surface area (Å²) in [6.45, 7) is -0.406. The monoisotopic (exact) mass is 356 g/mol. The third-order valence-corrected chi connectivity index (χ3v) is 3.64. The number of hydrogen-bond acceptors (Lipinski definition) is 10. The van der Waals surface area contributed by atoms with Crippen molar-refractivity contribution < 1.29 is 33.7 Å². The van der Waals surface area contributed by atoms with Crippen molar-refractivity contribution >= 4 is 18.1 Å². The number of anilines is 1. The molecule has 2 fully saturated rings. The number of nitrogens with zero attached hydrogens (tertiary/aromatic N) is 3. The van der Waals surface area contributed by atoms with Gasteiger partial charge in [0.15, 0.2) is 24.3 Å². The van der Waals surface area contributed by atoms with Crippen LogP contribution in [0.5, 0.6) is 0 Å². The predicted octanol–water partition coefficient (Wildman–Crippen LogP) is -0.938. The van der Waals surface area contributed by atoms with Gasteiger partial charge in [-0.1, -0.05) is 0 Å². The number of aliphatic hydroxyl groups is 1. The van der Waals surface area contributed by atoms with Crippen LogP contribution in [-0.2, 0) is 19.0 Å². The number of aliphatic hydroxyl groups excluding tert-OH is 1. The Morgan fingerprint density at radius 1 is 1.40 bits per heavy atom. The molecule has 2 saturated heterocycles. The van der Waals surface area contributed by atoms with E-state index in [0.717, 1.165) is 4.57 Å². The molecule has 1 aromatic heterocycles. The van der Waals surface area contributed by atoms with E-state index in [-0.39, 0.29) is 5.82 Å². The number of rotatable bonds is 4. The molecule has 25 heavy (non-hydrogen) atoms. The molecule has 0 aromatic carbocycles. The lowest BCUT2D eigenvalue weighted by Crippen LogP contribution is -2.34. The second-order valence-electron chi connectivity index (χ2n) is 5.53. The van der Waals surface area contributed by atoms with Crippen LogP contribution >= 0.6 is 0 Å². The van der Waals surface area contributed by atoms with Crippen molar-refractivity contribution in [2.45, 2.75) is 24.5 Å². The van der Waals surface area contributed by atoms with Gasteiger partial charge in [-0.3, -0.25) is 4.57 Å². The minimum Gasteiger partial charge on any atom is -0.424 e. The Hall–Kier alpha value is -2.86. The van der Waals surface area contributed by atoms with Gasteiger partial charge >= 0.3 is 17.9 Å². The molecule has 4 atom stereocenters. The number of hydrogen-bond donors (Lipinski definition) is 2. The number of carbonyl (C=O) groups excluding carboxylic acids is 2. The highest BCUT2D eigenvalue weighted by Gasteiger charge is 2.55. The van der Waals surface area contributed by atoms with Crippen molar-refractivity contribution in [3.05, 3.63) is 22.7 Å². The maximum atomic E-state index is 12.2. The van der Waals surface area contributed by atoms with Gasteiger partial charge < -0.3 is 29.1 Å². The molecule has 3 rings (SSSR count). The first-order valence-corrected chi connectivity index (χ1v) is 7.27. The molecule has 0 saturated carbocycles. The molecule has 0 spiro atoms. The van der Waals surface area contributed by atoms with Crippen molar-refractivity contribution in [1.29, 1.82) is 0 Å². The van der Waals surface area contributed by atoms with E-state index >= 15 is 0 Å². The number of fused-ring (bicyclic) bond motifs is 1. The summed E-state index contributed by atoms with van der Waals surface area (Å²) in [7, 11) is 2.98. The fraction of sp³-hybridized carbons (Fsp3) is 0.538. The summed E-state index contributed by atoms with van der Waals surface area (Å²) in [6.07, 6.45) is -3.73. The van der Waals surface area contributed by atoms with Gasteiger partial charge in [-0.05, 0) is 0 Å². The first kappa shape index (κ1) is 17.0. The topological polar surface area (TPSA) is 141 Å². The molecule has 136 valence electrons. The summed E-state index contributed by atoms with van der Waals surface area (Å²) in [5.41, 5.74) is 1.51. The zero-order valence-electron chi connectivity index (χ0n) is 13.3. The summed E-state index contributed by atoms with van der Waals surface area (Å²) >= 11 is 0. The summed E-state index contributed by atoms with van der Waals surface area (Å²) in [4.78, 5) is 44.4. The van der Waals surface area contributed by atoms with Crippen LogP contribution in [0.1, 0.15) is 6.23 Å². The fourth-order valence-electron chi connectivity index (χ4n) is 2.45. The molecule has 0 unspecified atom stereocenters. The highest BCUT2D eigenvalue weighted by molar-refractivity contribution is 5.67. The Labute approximate surface area is 140 Å². The van der Waals surface area contributed by atoms with Crippen LogP contribution in [0.25, 0.3) is 0 Å². The second kappa shape index (κ2) is 6.57. The van der Waals surface area contributed by atoms with E-state index in [4.69, 9.17) is 19.0 Å². The average Bonchev–Trinajstić information content (AvgIpc) is 3.10. The highest BCUT2D eigenvalue weighted by atomic mass is 16.8. The maximum Gasteiger partial charge on any atom is 0.509 e. The molecule has 0 bridgehead atoms. The van der Waals surface area contributed by atoms with E-state index in [1.165, 1.54) is 31.3 Å². The Morgan fingerprint density at radius 3 is 2.76 bits per heavy atom. The minimum atomic E-state index is -0.994. The van der Waals surface area contributed by atoms with Crippen molar-refractivity contribution in [3.8, 4) is 0 Å². The van der Waals surface area contributed by atoms with Crippen molar-refractivity contribution in [2.75, 3.05) is 26.2 Å². The van der Waals surface area contributed by atoms with E-state index in [2.05, 4.69) is 10.5 Å². The Bertz CT molecular complexity index is 735. The molecule has 2 N–H and O–H groups in total. The Balaban J connectivity index is 1.76. The lowest BCUT2D eigenvalue weighted by Gasteiger charge is -2.18. The quantitative estimate of drug-likeness (QED) is 0.513. The molecule has 1 amide bonds. The van der Waals surface area contributed by atoms with Crippen LogP contribution in [0.2, 0.25) is 0 Å². The second-order valence-corrected chi connectivity index (χ2v) is 5.53. The number of ether oxygens (including phenoxy) is 3. The summed E-state index contributed by atoms with van der Waals surface area (Å²) in [6, 6.07) is 1.37.